The van der Waals surface area contributed by atoms with Crippen LogP contribution in [0.3, 0.4) is 0 Å². The molecule has 2 aromatic rings. The first-order chi connectivity index (χ1) is 13.6. The average molecular weight is 380 g/mol. The SMILES string of the molecule is CCC1C(=O)N(C)c2cnc(N[C@@H](C)c3ccccc3)nc2N1C1CCCC1. The zero-order valence-corrected chi connectivity index (χ0v) is 16.9. The molecule has 148 valence electrons. The van der Waals surface area contributed by atoms with Crippen molar-refractivity contribution in [3.05, 3.63) is 42.1 Å². The summed E-state index contributed by atoms with van der Waals surface area (Å²) in [4.78, 5) is 26.4. The summed E-state index contributed by atoms with van der Waals surface area (Å²) in [5.74, 6) is 1.64. The molecule has 1 unspecified atom stereocenters. The Morgan fingerprint density at radius 1 is 1.21 bits per heavy atom. The molecule has 1 N–H and O–H groups in total. The van der Waals surface area contributed by atoms with Crippen LogP contribution in [0.15, 0.2) is 36.5 Å². The van der Waals surface area contributed by atoms with Crippen LogP contribution >= 0.6 is 0 Å². The van der Waals surface area contributed by atoms with Crippen LogP contribution in [0.2, 0.25) is 0 Å². The second-order valence-electron chi connectivity index (χ2n) is 7.85. The predicted molar refractivity (Wildman–Crippen MR) is 113 cm³/mol. The number of carbonyl (C=O) groups is 1. The van der Waals surface area contributed by atoms with Crippen molar-refractivity contribution in [3.8, 4) is 0 Å². The van der Waals surface area contributed by atoms with Gasteiger partial charge in [-0.1, -0.05) is 50.1 Å². The molecule has 2 heterocycles. The number of nitrogens with one attached hydrogen (secondary N) is 1. The van der Waals surface area contributed by atoms with Crippen LogP contribution in [-0.2, 0) is 4.79 Å². The Morgan fingerprint density at radius 3 is 2.61 bits per heavy atom. The molecule has 4 rings (SSSR count). The van der Waals surface area contributed by atoms with Crippen molar-refractivity contribution in [1.82, 2.24) is 9.97 Å². The van der Waals surface area contributed by atoms with Gasteiger partial charge in [0.25, 0.3) is 0 Å². The minimum atomic E-state index is -0.144. The summed E-state index contributed by atoms with van der Waals surface area (Å²) in [7, 11) is 1.83. The van der Waals surface area contributed by atoms with Gasteiger partial charge < -0.3 is 15.1 Å². The van der Waals surface area contributed by atoms with Crippen molar-refractivity contribution in [2.24, 2.45) is 0 Å². The highest BCUT2D eigenvalue weighted by Gasteiger charge is 2.41. The third-order valence-corrected chi connectivity index (χ3v) is 6.06. The van der Waals surface area contributed by atoms with Crippen LogP contribution < -0.4 is 15.1 Å². The van der Waals surface area contributed by atoms with Crippen LogP contribution in [0.5, 0.6) is 0 Å². The summed E-state index contributed by atoms with van der Waals surface area (Å²) in [6, 6.07) is 10.6. The van der Waals surface area contributed by atoms with E-state index in [0.717, 1.165) is 30.8 Å². The Kier molecular flexibility index (Phi) is 5.20. The van der Waals surface area contributed by atoms with Gasteiger partial charge in [-0.2, -0.15) is 4.98 Å². The maximum Gasteiger partial charge on any atom is 0.249 e. The monoisotopic (exact) mass is 379 g/mol. The van der Waals surface area contributed by atoms with Crippen LogP contribution in [0.1, 0.15) is 57.6 Å². The van der Waals surface area contributed by atoms with Crippen LogP contribution in [0.25, 0.3) is 0 Å². The molecule has 1 fully saturated rings. The molecule has 0 radical (unpaired) electrons. The number of carbonyl (C=O) groups excluding carboxylic acids is 1. The quantitative estimate of drug-likeness (QED) is 0.845. The molecule has 1 aliphatic heterocycles. The Hall–Kier alpha value is -2.63. The highest BCUT2D eigenvalue weighted by Crippen LogP contribution is 2.39. The lowest BCUT2D eigenvalue weighted by molar-refractivity contribution is -0.120. The molecule has 1 aromatic carbocycles. The lowest BCUT2D eigenvalue weighted by Crippen LogP contribution is -2.55. The first-order valence-electron chi connectivity index (χ1n) is 10.3. The molecule has 2 atom stereocenters. The van der Waals surface area contributed by atoms with Crippen LogP contribution in [0, 0.1) is 0 Å². The summed E-state index contributed by atoms with van der Waals surface area (Å²) >= 11 is 0. The topological polar surface area (TPSA) is 61.4 Å². The third kappa shape index (κ3) is 3.32. The van der Waals surface area contributed by atoms with E-state index in [9.17, 15) is 4.79 Å². The van der Waals surface area contributed by atoms with E-state index in [1.165, 1.54) is 18.4 Å². The lowest BCUT2D eigenvalue weighted by Gasteiger charge is -2.43. The number of aromatic nitrogens is 2. The van der Waals surface area contributed by atoms with Gasteiger partial charge in [0.15, 0.2) is 5.82 Å². The van der Waals surface area contributed by atoms with Crippen molar-refractivity contribution in [3.63, 3.8) is 0 Å². The van der Waals surface area contributed by atoms with Gasteiger partial charge in [-0.25, -0.2) is 4.98 Å². The van der Waals surface area contributed by atoms with Crippen molar-refractivity contribution < 1.29 is 4.79 Å². The van der Waals surface area contributed by atoms with E-state index in [4.69, 9.17) is 4.98 Å². The average Bonchev–Trinajstić information content (AvgIpc) is 3.25. The van der Waals surface area contributed by atoms with E-state index in [1.807, 2.05) is 25.2 Å². The zero-order valence-electron chi connectivity index (χ0n) is 16.9. The van der Waals surface area contributed by atoms with E-state index in [0.29, 0.717) is 12.0 Å². The molecule has 1 saturated carbocycles. The molecule has 1 amide bonds. The molecular formula is C22H29N5O. The predicted octanol–water partition coefficient (Wildman–Crippen LogP) is 4.15. The normalized spacial score (nSPS) is 21.0. The number of amides is 1. The highest BCUT2D eigenvalue weighted by molar-refractivity contribution is 6.04. The first kappa shape index (κ1) is 18.7. The van der Waals surface area contributed by atoms with Crippen molar-refractivity contribution in [1.29, 1.82) is 0 Å². The summed E-state index contributed by atoms with van der Waals surface area (Å²) in [5, 5.41) is 3.43. The molecule has 28 heavy (non-hydrogen) atoms. The maximum atomic E-state index is 12.9. The number of hydrogen-bond acceptors (Lipinski definition) is 5. The van der Waals surface area contributed by atoms with Crippen molar-refractivity contribution in [2.75, 3.05) is 22.2 Å². The second-order valence-corrected chi connectivity index (χ2v) is 7.85. The van der Waals surface area contributed by atoms with E-state index < -0.39 is 0 Å². The minimum absolute atomic E-state index is 0.101. The molecule has 6 heteroatoms. The van der Waals surface area contributed by atoms with Gasteiger partial charge in [-0.3, -0.25) is 4.79 Å². The molecule has 2 aliphatic rings. The van der Waals surface area contributed by atoms with E-state index in [2.05, 4.69) is 41.2 Å². The summed E-state index contributed by atoms with van der Waals surface area (Å²) < 4.78 is 0. The number of rotatable bonds is 5. The molecule has 6 nitrogen and oxygen atoms in total. The molecule has 0 bridgehead atoms. The Labute approximate surface area is 167 Å². The van der Waals surface area contributed by atoms with Gasteiger partial charge in [0.05, 0.1) is 12.2 Å². The van der Waals surface area contributed by atoms with Crippen molar-refractivity contribution in [2.45, 2.75) is 64.1 Å². The standard InChI is InChI=1S/C22H29N5O/c1-4-18-21(28)26(3)19-14-23-22(24-15(2)16-10-6-5-7-11-16)25-20(19)27(18)17-12-8-9-13-17/h5-7,10-11,14-15,17-18H,4,8-9,12-13H2,1-3H3,(H,23,24,25)/t15-,18?/m0/s1. The molecule has 0 saturated heterocycles. The smallest absolute Gasteiger partial charge is 0.249 e. The van der Waals surface area contributed by atoms with E-state index in [-0.39, 0.29) is 18.0 Å². The lowest BCUT2D eigenvalue weighted by atomic mass is 10.0. The van der Waals surface area contributed by atoms with Crippen molar-refractivity contribution >= 4 is 23.4 Å². The zero-order chi connectivity index (χ0) is 19.7. The summed E-state index contributed by atoms with van der Waals surface area (Å²) in [6.07, 6.45) is 7.26. The second kappa shape index (κ2) is 7.78. The van der Waals surface area contributed by atoms with E-state index in [1.54, 1.807) is 11.1 Å². The molecule has 1 aromatic heterocycles. The molecule has 0 spiro atoms. The van der Waals surface area contributed by atoms with Gasteiger partial charge in [0, 0.05) is 13.1 Å². The van der Waals surface area contributed by atoms with Gasteiger partial charge in [0.1, 0.15) is 11.7 Å². The molecule has 1 aliphatic carbocycles. The van der Waals surface area contributed by atoms with Gasteiger partial charge in [-0.05, 0) is 31.7 Å². The number of anilines is 3. The molecular weight excluding hydrogens is 350 g/mol. The minimum Gasteiger partial charge on any atom is -0.348 e. The van der Waals surface area contributed by atoms with Crippen LogP contribution in [-0.4, -0.2) is 35.0 Å². The fraction of sp³-hybridized carbons (Fsp3) is 0.500. The third-order valence-electron chi connectivity index (χ3n) is 6.06. The fourth-order valence-corrected chi connectivity index (χ4v) is 4.47. The Morgan fingerprint density at radius 2 is 1.93 bits per heavy atom. The van der Waals surface area contributed by atoms with Gasteiger partial charge in [0.2, 0.25) is 11.9 Å². The Bertz CT molecular complexity index is 834. The number of benzene rings is 1. The highest BCUT2D eigenvalue weighted by atomic mass is 16.2. The van der Waals surface area contributed by atoms with E-state index >= 15 is 0 Å². The summed E-state index contributed by atoms with van der Waals surface area (Å²) in [6.45, 7) is 4.19. The number of likely N-dealkylation sites (N-methyl/N-ethyl adjacent to an activating group) is 1. The summed E-state index contributed by atoms with van der Waals surface area (Å²) in [5.41, 5.74) is 2.00. The first-order valence-corrected chi connectivity index (χ1v) is 10.3. The Balaban J connectivity index is 1.68. The number of fused-ring (bicyclic) bond motifs is 1. The fourth-order valence-electron chi connectivity index (χ4n) is 4.47. The van der Waals surface area contributed by atoms with Gasteiger partial charge >= 0.3 is 0 Å². The number of nitrogens with zero attached hydrogens (tertiary/aromatic N) is 4. The van der Waals surface area contributed by atoms with Crippen LogP contribution in [0.4, 0.5) is 17.5 Å². The number of hydrogen-bond donors (Lipinski definition) is 1. The largest absolute Gasteiger partial charge is 0.348 e. The van der Waals surface area contributed by atoms with Gasteiger partial charge in [-0.15, -0.1) is 0 Å². The maximum absolute atomic E-state index is 12.9.